The van der Waals surface area contributed by atoms with Gasteiger partial charge in [0.25, 0.3) is 0 Å². The molecule has 26 heavy (non-hydrogen) atoms. The number of amidine groups is 3. The van der Waals surface area contributed by atoms with Gasteiger partial charge in [0.1, 0.15) is 23.3 Å². The summed E-state index contributed by atoms with van der Waals surface area (Å²) in [5, 5.41) is 0. The van der Waals surface area contributed by atoms with Crippen LogP contribution in [-0.2, 0) is 0 Å². The van der Waals surface area contributed by atoms with Crippen molar-refractivity contribution in [3.05, 3.63) is 89.2 Å². The van der Waals surface area contributed by atoms with E-state index >= 15 is 0 Å². The maximum absolute atomic E-state index is 13.8. The molecule has 0 N–H and O–H groups in total. The predicted octanol–water partition coefficient (Wildman–Crippen LogP) is 4.70. The first-order chi connectivity index (χ1) is 12.8. The number of benzene rings is 3. The lowest BCUT2D eigenvalue weighted by Crippen LogP contribution is -2.48. The summed E-state index contributed by atoms with van der Waals surface area (Å²) in [5.41, 5.74) is 4.98. The Balaban J connectivity index is 1.77. The largest absolute Gasteiger partial charge is 0.261 e. The summed E-state index contributed by atoms with van der Waals surface area (Å²) < 4.78 is 13.8. The molecule has 0 amide bonds. The molecule has 3 aromatic rings. The van der Waals surface area contributed by atoms with Crippen LogP contribution >= 0.6 is 0 Å². The molecule has 0 aromatic heterocycles. The summed E-state index contributed by atoms with van der Waals surface area (Å²) in [6.45, 7) is 0. The number of nitrogens with zero attached hydrogens (tertiary/aromatic N) is 4. The van der Waals surface area contributed by atoms with Gasteiger partial charge in [-0.15, -0.1) is 0 Å². The van der Waals surface area contributed by atoms with E-state index in [-0.39, 0.29) is 5.82 Å². The molecule has 0 saturated carbocycles. The smallest absolute Gasteiger partial charge is 0.150 e. The number of aliphatic imine (C=N–C) groups is 3. The first kappa shape index (κ1) is 13.7. The molecule has 5 heteroatoms. The van der Waals surface area contributed by atoms with Crippen molar-refractivity contribution in [1.82, 2.24) is 4.90 Å². The van der Waals surface area contributed by atoms with Crippen LogP contribution in [-0.4, -0.2) is 22.4 Å². The van der Waals surface area contributed by atoms with Gasteiger partial charge in [0, 0.05) is 22.8 Å². The summed E-state index contributed by atoms with van der Waals surface area (Å²) in [7, 11) is 0. The quantitative estimate of drug-likeness (QED) is 0.585. The molecular formula is C21H11FN4. The number of fused-ring (bicyclic) bond motifs is 6. The van der Waals surface area contributed by atoms with E-state index in [9.17, 15) is 4.39 Å². The van der Waals surface area contributed by atoms with Crippen LogP contribution < -0.4 is 0 Å². The monoisotopic (exact) mass is 338 g/mol. The van der Waals surface area contributed by atoms with Gasteiger partial charge in [-0.25, -0.2) is 19.4 Å². The third-order valence-electron chi connectivity index (χ3n) is 4.81. The third kappa shape index (κ3) is 1.69. The Morgan fingerprint density at radius 3 is 1.69 bits per heavy atom. The van der Waals surface area contributed by atoms with Gasteiger partial charge in [0.15, 0.2) is 0 Å². The molecule has 0 radical (unpaired) electrons. The number of hydrogen-bond donors (Lipinski definition) is 0. The maximum atomic E-state index is 13.8. The number of halogens is 1. The SMILES string of the molecule is Fc1ccc2c(c1)N=C1c3ccccc3N=C3c4ccccc4N=C2N31. The zero-order valence-corrected chi connectivity index (χ0v) is 13.5. The lowest BCUT2D eigenvalue weighted by Gasteiger charge is -2.38. The predicted molar refractivity (Wildman–Crippen MR) is 99.7 cm³/mol. The molecule has 0 spiro atoms. The van der Waals surface area contributed by atoms with Crippen LogP contribution in [0.4, 0.5) is 21.5 Å². The van der Waals surface area contributed by atoms with Crippen LogP contribution in [0.1, 0.15) is 16.7 Å². The Kier molecular flexibility index (Phi) is 2.48. The standard InChI is InChI=1S/C21H11FN4/c22-12-9-10-15-18(11-12)25-20-14-6-2-4-8-17(14)23-19-13-5-1-3-7-16(13)24-21(15)26(19)20/h1-11H. The molecule has 3 aliphatic rings. The van der Waals surface area contributed by atoms with Crippen molar-refractivity contribution < 1.29 is 4.39 Å². The van der Waals surface area contributed by atoms with Gasteiger partial charge in [-0.3, -0.25) is 4.90 Å². The van der Waals surface area contributed by atoms with Crippen molar-refractivity contribution in [2.24, 2.45) is 15.0 Å². The van der Waals surface area contributed by atoms with Gasteiger partial charge in [0.2, 0.25) is 0 Å². The molecule has 6 rings (SSSR count). The van der Waals surface area contributed by atoms with Crippen molar-refractivity contribution in [1.29, 1.82) is 0 Å². The van der Waals surface area contributed by atoms with Gasteiger partial charge >= 0.3 is 0 Å². The Hall–Kier alpha value is -3.60. The molecule has 3 heterocycles. The Bertz CT molecular complexity index is 1200. The number of rotatable bonds is 0. The second-order valence-electron chi connectivity index (χ2n) is 6.34. The molecule has 4 nitrogen and oxygen atoms in total. The van der Waals surface area contributed by atoms with E-state index in [1.165, 1.54) is 12.1 Å². The van der Waals surface area contributed by atoms with Crippen LogP contribution in [0.2, 0.25) is 0 Å². The highest BCUT2D eigenvalue weighted by Gasteiger charge is 2.38. The fourth-order valence-electron chi connectivity index (χ4n) is 3.64. The Morgan fingerprint density at radius 2 is 1.08 bits per heavy atom. The zero-order valence-electron chi connectivity index (χ0n) is 13.5. The molecular weight excluding hydrogens is 327 g/mol. The summed E-state index contributed by atoms with van der Waals surface area (Å²) in [6.07, 6.45) is 0. The summed E-state index contributed by atoms with van der Waals surface area (Å²) in [6, 6.07) is 20.4. The van der Waals surface area contributed by atoms with E-state index in [0.29, 0.717) is 5.69 Å². The van der Waals surface area contributed by atoms with Crippen LogP contribution in [0.5, 0.6) is 0 Å². The molecule has 0 atom stereocenters. The number of hydrogen-bond acceptors (Lipinski definition) is 4. The average Bonchev–Trinajstić information content (AvgIpc) is 2.67. The molecule has 3 aliphatic heterocycles. The topological polar surface area (TPSA) is 40.3 Å². The lowest BCUT2D eigenvalue weighted by atomic mass is 9.98. The molecule has 0 unspecified atom stereocenters. The van der Waals surface area contributed by atoms with Gasteiger partial charge in [-0.05, 0) is 36.4 Å². The van der Waals surface area contributed by atoms with E-state index in [2.05, 4.69) is 0 Å². The second kappa shape index (κ2) is 4.73. The van der Waals surface area contributed by atoms with Gasteiger partial charge in [0.05, 0.1) is 17.1 Å². The van der Waals surface area contributed by atoms with Crippen molar-refractivity contribution in [3.63, 3.8) is 0 Å². The summed E-state index contributed by atoms with van der Waals surface area (Å²) >= 11 is 0. The lowest BCUT2D eigenvalue weighted by molar-refractivity contribution is 0.627. The van der Waals surface area contributed by atoms with Crippen molar-refractivity contribution in [2.45, 2.75) is 0 Å². The minimum atomic E-state index is -0.309. The first-order valence-corrected chi connectivity index (χ1v) is 8.34. The van der Waals surface area contributed by atoms with Crippen molar-refractivity contribution in [2.75, 3.05) is 0 Å². The minimum Gasteiger partial charge on any atom is -0.261 e. The zero-order chi connectivity index (χ0) is 17.3. The van der Waals surface area contributed by atoms with Gasteiger partial charge < -0.3 is 0 Å². The highest BCUT2D eigenvalue weighted by Crippen LogP contribution is 2.40. The third-order valence-corrected chi connectivity index (χ3v) is 4.81. The van der Waals surface area contributed by atoms with Crippen molar-refractivity contribution >= 4 is 34.6 Å². The first-order valence-electron chi connectivity index (χ1n) is 8.34. The number of para-hydroxylation sites is 2. The van der Waals surface area contributed by atoms with Crippen LogP contribution in [0.25, 0.3) is 0 Å². The fraction of sp³-hybridized carbons (Fsp3) is 0. The molecule has 0 saturated heterocycles. The van der Waals surface area contributed by atoms with E-state index in [1.54, 1.807) is 6.07 Å². The van der Waals surface area contributed by atoms with Crippen LogP contribution in [0.15, 0.2) is 81.7 Å². The minimum absolute atomic E-state index is 0.309. The van der Waals surface area contributed by atoms with E-state index in [4.69, 9.17) is 15.0 Å². The molecule has 0 bridgehead atoms. The summed E-state index contributed by atoms with van der Waals surface area (Å²) in [4.78, 5) is 16.5. The normalized spacial score (nSPS) is 15.7. The molecule has 3 aromatic carbocycles. The average molecular weight is 338 g/mol. The fourth-order valence-corrected chi connectivity index (χ4v) is 3.64. The van der Waals surface area contributed by atoms with Gasteiger partial charge in [-0.2, -0.15) is 0 Å². The Labute approximate surface area is 148 Å². The molecule has 0 aliphatic carbocycles. The van der Waals surface area contributed by atoms with Crippen LogP contribution in [0, 0.1) is 5.82 Å². The Morgan fingerprint density at radius 1 is 0.577 bits per heavy atom. The molecule has 0 fully saturated rings. The van der Waals surface area contributed by atoms with E-state index < -0.39 is 0 Å². The van der Waals surface area contributed by atoms with Crippen molar-refractivity contribution in [3.8, 4) is 0 Å². The van der Waals surface area contributed by atoms with E-state index in [0.717, 1.165) is 45.6 Å². The van der Waals surface area contributed by atoms with Crippen LogP contribution in [0.3, 0.4) is 0 Å². The molecule has 122 valence electrons. The summed E-state index contributed by atoms with van der Waals surface area (Å²) in [5.74, 6) is 1.96. The highest BCUT2D eigenvalue weighted by molar-refractivity contribution is 6.36. The second-order valence-corrected chi connectivity index (χ2v) is 6.34. The maximum Gasteiger partial charge on any atom is 0.150 e. The van der Waals surface area contributed by atoms with Gasteiger partial charge in [-0.1, -0.05) is 24.3 Å². The van der Waals surface area contributed by atoms with E-state index in [1.807, 2.05) is 53.4 Å². The highest BCUT2D eigenvalue weighted by atomic mass is 19.1.